The monoisotopic (exact) mass is 449 g/mol. The highest BCUT2D eigenvalue weighted by Gasteiger charge is 2.67. The van der Waals surface area contributed by atoms with Crippen molar-refractivity contribution in [1.29, 1.82) is 0 Å². The van der Waals surface area contributed by atoms with Crippen molar-refractivity contribution in [3.63, 3.8) is 0 Å². The van der Waals surface area contributed by atoms with Crippen LogP contribution in [0.3, 0.4) is 0 Å². The van der Waals surface area contributed by atoms with E-state index >= 15 is 0 Å². The third-order valence-corrected chi connectivity index (χ3v) is 9.61. The van der Waals surface area contributed by atoms with Crippen LogP contribution in [-0.4, -0.2) is 47.8 Å². The van der Waals surface area contributed by atoms with Crippen molar-refractivity contribution in [2.75, 3.05) is 30.8 Å². The molecule has 3 saturated carbocycles. The molecule has 9 heteroatoms. The van der Waals surface area contributed by atoms with Crippen molar-refractivity contribution < 1.29 is 16.8 Å². The molecule has 3 aliphatic carbocycles. The number of benzene rings is 2. The van der Waals surface area contributed by atoms with Crippen LogP contribution in [0.4, 0.5) is 11.4 Å². The van der Waals surface area contributed by atoms with Gasteiger partial charge in [0.05, 0.1) is 21.2 Å². The minimum absolute atomic E-state index is 0.00990. The predicted octanol–water partition coefficient (Wildman–Crippen LogP) is 3.12. The van der Waals surface area contributed by atoms with Crippen LogP contribution in [0.15, 0.2) is 58.3 Å². The number of para-hydroxylation sites is 2. The van der Waals surface area contributed by atoms with E-state index in [9.17, 15) is 16.8 Å². The quantitative estimate of drug-likeness (QED) is 0.702. The van der Waals surface area contributed by atoms with Crippen LogP contribution in [-0.2, 0) is 20.0 Å². The van der Waals surface area contributed by atoms with E-state index in [0.29, 0.717) is 11.1 Å². The maximum absolute atomic E-state index is 13.0. The lowest BCUT2D eigenvalue weighted by Gasteiger charge is -2.73. The number of rotatable bonds is 7. The predicted molar refractivity (Wildman–Crippen MR) is 118 cm³/mol. The number of nitrogens with one attached hydrogen (secondary N) is 1. The summed E-state index contributed by atoms with van der Waals surface area (Å²) in [6, 6.07) is 12.6. The Hall–Kier alpha value is -2.10. The summed E-state index contributed by atoms with van der Waals surface area (Å²) < 4.78 is 54.2. The molecule has 30 heavy (non-hydrogen) atoms. The van der Waals surface area contributed by atoms with E-state index < -0.39 is 20.0 Å². The van der Waals surface area contributed by atoms with Gasteiger partial charge in [0.25, 0.3) is 10.0 Å². The first-order valence-electron chi connectivity index (χ1n) is 9.77. The Labute approximate surface area is 178 Å². The summed E-state index contributed by atoms with van der Waals surface area (Å²) in [7, 11) is -2.60. The van der Waals surface area contributed by atoms with Gasteiger partial charge in [0.15, 0.2) is 0 Å². The van der Waals surface area contributed by atoms with Crippen molar-refractivity contribution in [3.8, 4) is 0 Å². The molecule has 7 nitrogen and oxygen atoms in total. The second kappa shape index (κ2) is 6.70. The highest BCUT2D eigenvalue weighted by molar-refractivity contribution is 7.92. The van der Waals surface area contributed by atoms with Gasteiger partial charge in [-0.15, -0.1) is 0 Å². The molecule has 2 aromatic carbocycles. The highest BCUT2D eigenvalue weighted by atomic mass is 32.2. The first-order chi connectivity index (χ1) is 13.9. The van der Waals surface area contributed by atoms with Gasteiger partial charge in [-0.05, 0) is 61.1 Å². The summed E-state index contributed by atoms with van der Waals surface area (Å²) in [6.45, 7) is 2.29. The smallest absolute Gasteiger partial charge is 0.261 e. The summed E-state index contributed by atoms with van der Waals surface area (Å²) in [5.41, 5.74) is 1.92. The Morgan fingerprint density at radius 1 is 0.833 bits per heavy atom. The molecule has 0 aromatic heterocycles. The Morgan fingerprint density at radius 3 is 1.90 bits per heavy atom. The largest absolute Gasteiger partial charge is 0.367 e. The fraction of sp³-hybridized carbons (Fsp3) is 0.429. The van der Waals surface area contributed by atoms with Gasteiger partial charge < -0.3 is 4.90 Å². The molecule has 1 N–H and O–H groups in total. The molecule has 5 rings (SSSR count). The van der Waals surface area contributed by atoms with Gasteiger partial charge in [-0.1, -0.05) is 19.1 Å². The number of hydrogen-bond acceptors (Lipinski definition) is 5. The lowest BCUT2D eigenvalue weighted by Crippen LogP contribution is -2.73. The van der Waals surface area contributed by atoms with Gasteiger partial charge in [-0.25, -0.2) is 21.1 Å². The van der Waals surface area contributed by atoms with Crippen LogP contribution in [0.2, 0.25) is 0 Å². The van der Waals surface area contributed by atoms with E-state index in [1.54, 1.807) is 12.1 Å². The zero-order valence-corrected chi connectivity index (χ0v) is 19.2. The minimum atomic E-state index is -3.87. The number of nitrogens with zero attached hydrogens (tertiary/aromatic N) is 2. The number of sulfonamides is 2. The molecule has 2 aromatic rings. The molecule has 3 fully saturated rings. The summed E-state index contributed by atoms with van der Waals surface area (Å²) >= 11 is 0. The van der Waals surface area contributed by atoms with Crippen molar-refractivity contribution >= 4 is 31.4 Å². The Balaban J connectivity index is 1.59. The normalized spacial score (nSPS) is 25.4. The maximum atomic E-state index is 13.0. The molecule has 0 saturated heterocycles. The van der Waals surface area contributed by atoms with Crippen LogP contribution in [0, 0.1) is 5.41 Å². The van der Waals surface area contributed by atoms with Crippen LogP contribution < -0.4 is 9.62 Å². The molecule has 0 spiro atoms. The fourth-order valence-corrected chi connectivity index (χ4v) is 6.87. The van der Waals surface area contributed by atoms with Crippen molar-refractivity contribution in [3.05, 3.63) is 48.5 Å². The molecular weight excluding hydrogens is 422 g/mol. The van der Waals surface area contributed by atoms with Crippen molar-refractivity contribution in [2.24, 2.45) is 5.41 Å². The molecule has 0 atom stereocenters. The van der Waals surface area contributed by atoms with Crippen molar-refractivity contribution in [1.82, 2.24) is 4.31 Å². The topological polar surface area (TPSA) is 86.8 Å². The number of anilines is 2. The van der Waals surface area contributed by atoms with Crippen LogP contribution in [0.25, 0.3) is 0 Å². The summed E-state index contributed by atoms with van der Waals surface area (Å²) in [4.78, 5) is 2.25. The van der Waals surface area contributed by atoms with Crippen molar-refractivity contribution in [2.45, 2.75) is 41.5 Å². The van der Waals surface area contributed by atoms with E-state index in [4.69, 9.17) is 0 Å². The van der Waals surface area contributed by atoms with Gasteiger partial charge in [-0.3, -0.25) is 4.72 Å². The highest BCUT2D eigenvalue weighted by Crippen LogP contribution is 2.69. The Morgan fingerprint density at radius 2 is 1.37 bits per heavy atom. The van der Waals surface area contributed by atoms with Crippen LogP contribution >= 0.6 is 0 Å². The maximum Gasteiger partial charge on any atom is 0.261 e. The standard InChI is InChI=1S/C21H27N3O4S2/c1-20-13-21(14-20,15-20)24(4)19-8-6-5-7-18(19)22-29(25,26)16-9-11-17(12-10-16)30(27,28)23(2)3/h5-12,22H,13-15H2,1-4H3. The van der Waals surface area contributed by atoms with E-state index in [1.165, 1.54) is 38.4 Å². The average molecular weight is 450 g/mol. The third-order valence-electron chi connectivity index (χ3n) is 6.40. The lowest BCUT2D eigenvalue weighted by molar-refractivity contribution is -0.117. The SMILES string of the molecule is CN(c1ccccc1NS(=O)(=O)c1ccc(S(=O)(=O)N(C)C)cc1)C12CC(C)(C1)C2. The molecule has 0 aliphatic heterocycles. The Bertz CT molecular complexity index is 1170. The van der Waals surface area contributed by atoms with Gasteiger partial charge in [0.1, 0.15) is 0 Å². The molecular formula is C21H27N3O4S2. The first-order valence-corrected chi connectivity index (χ1v) is 12.7. The molecule has 3 aliphatic rings. The van der Waals surface area contributed by atoms with E-state index in [0.717, 1.165) is 29.3 Å². The Kier molecular flexibility index (Phi) is 4.72. The number of hydrogen-bond donors (Lipinski definition) is 1. The lowest BCUT2D eigenvalue weighted by atomic mass is 9.39. The van der Waals surface area contributed by atoms with Gasteiger partial charge in [0.2, 0.25) is 10.0 Å². The first kappa shape index (κ1) is 21.1. The fourth-order valence-electron chi connectivity index (χ4n) is 4.90. The van der Waals surface area contributed by atoms with Crippen LogP contribution in [0.1, 0.15) is 26.2 Å². The molecule has 0 radical (unpaired) electrons. The van der Waals surface area contributed by atoms with Gasteiger partial charge >= 0.3 is 0 Å². The van der Waals surface area contributed by atoms with E-state index in [2.05, 4.69) is 16.5 Å². The third kappa shape index (κ3) is 3.29. The van der Waals surface area contributed by atoms with Crippen LogP contribution in [0.5, 0.6) is 0 Å². The second-order valence-electron chi connectivity index (χ2n) is 9.01. The summed E-state index contributed by atoms with van der Waals surface area (Å²) in [5.74, 6) is 0. The van der Waals surface area contributed by atoms with E-state index in [-0.39, 0.29) is 15.3 Å². The molecule has 0 heterocycles. The zero-order chi connectivity index (χ0) is 21.9. The summed E-state index contributed by atoms with van der Waals surface area (Å²) in [5, 5.41) is 0. The van der Waals surface area contributed by atoms with Gasteiger partial charge in [-0.2, -0.15) is 0 Å². The summed E-state index contributed by atoms with van der Waals surface area (Å²) in [6.07, 6.45) is 3.37. The molecule has 0 unspecified atom stereocenters. The second-order valence-corrected chi connectivity index (χ2v) is 12.8. The van der Waals surface area contributed by atoms with Gasteiger partial charge in [0, 0.05) is 26.7 Å². The zero-order valence-electron chi connectivity index (χ0n) is 17.6. The molecule has 2 bridgehead atoms. The molecule has 162 valence electrons. The average Bonchev–Trinajstić information content (AvgIpc) is 2.64. The molecule has 0 amide bonds. The van der Waals surface area contributed by atoms with E-state index in [1.807, 2.05) is 19.2 Å². The minimum Gasteiger partial charge on any atom is -0.367 e.